The topological polar surface area (TPSA) is 90.3 Å². The molecule has 0 amide bonds. The van der Waals surface area contributed by atoms with E-state index < -0.39 is 4.92 Å². The number of rotatable bonds is 3. The number of hydrogen-bond donors (Lipinski definition) is 1. The van der Waals surface area contributed by atoms with Crippen LogP contribution in [0.1, 0.15) is 11.4 Å². The van der Waals surface area contributed by atoms with Crippen LogP contribution in [0.15, 0.2) is 24.4 Å². The van der Waals surface area contributed by atoms with E-state index >= 15 is 0 Å². The molecule has 0 radical (unpaired) electrons. The SMILES string of the molecule is Cc1nn(C)c(C)c1Nc1nc2ccccn2c1[N+](=O)[O-]. The lowest BCUT2D eigenvalue weighted by atomic mass is 10.3. The average Bonchev–Trinajstić information content (AvgIpc) is 2.91. The second-order valence-corrected chi connectivity index (χ2v) is 4.76. The Morgan fingerprint density at radius 1 is 1.33 bits per heavy atom. The average molecular weight is 286 g/mol. The van der Waals surface area contributed by atoms with Crippen LogP contribution in [0.25, 0.3) is 5.65 Å². The third-order valence-electron chi connectivity index (χ3n) is 3.43. The largest absolute Gasteiger partial charge is 0.372 e. The van der Waals surface area contributed by atoms with Gasteiger partial charge in [0, 0.05) is 13.1 Å². The third-order valence-corrected chi connectivity index (χ3v) is 3.43. The lowest BCUT2D eigenvalue weighted by molar-refractivity contribution is -0.389. The molecule has 0 bridgehead atoms. The van der Waals surface area contributed by atoms with Gasteiger partial charge in [-0.25, -0.2) is 0 Å². The van der Waals surface area contributed by atoms with Crippen molar-refractivity contribution < 1.29 is 4.92 Å². The highest BCUT2D eigenvalue weighted by molar-refractivity contribution is 5.71. The number of fused-ring (bicyclic) bond motifs is 1. The number of nitro groups is 1. The summed E-state index contributed by atoms with van der Waals surface area (Å²) in [5, 5.41) is 18.7. The Morgan fingerprint density at radius 3 is 2.71 bits per heavy atom. The van der Waals surface area contributed by atoms with Crippen molar-refractivity contribution >= 4 is 23.0 Å². The maximum atomic E-state index is 11.3. The van der Waals surface area contributed by atoms with Crippen LogP contribution >= 0.6 is 0 Å². The Hall–Kier alpha value is -2.90. The van der Waals surface area contributed by atoms with Crippen molar-refractivity contribution in [2.24, 2.45) is 7.05 Å². The standard InChI is InChI=1S/C13H14N6O2/c1-8-11(9(2)17(3)16-8)15-12-13(19(20)21)18-7-5-4-6-10(18)14-12/h4-7,15H,1-3H3. The number of nitrogens with one attached hydrogen (secondary N) is 1. The number of aromatic nitrogens is 4. The zero-order chi connectivity index (χ0) is 15.1. The Kier molecular flexibility index (Phi) is 2.86. The second-order valence-electron chi connectivity index (χ2n) is 4.76. The van der Waals surface area contributed by atoms with Crippen molar-refractivity contribution in [3.8, 4) is 0 Å². The van der Waals surface area contributed by atoms with Gasteiger partial charge in [0.05, 0.1) is 23.3 Å². The molecule has 0 aromatic carbocycles. The summed E-state index contributed by atoms with van der Waals surface area (Å²) in [6.07, 6.45) is 1.62. The first-order valence-corrected chi connectivity index (χ1v) is 6.37. The molecule has 108 valence electrons. The first-order valence-electron chi connectivity index (χ1n) is 6.37. The molecule has 0 aliphatic rings. The molecule has 3 aromatic rings. The van der Waals surface area contributed by atoms with Gasteiger partial charge in [-0.1, -0.05) is 6.07 Å². The number of pyridine rings is 1. The van der Waals surface area contributed by atoms with Gasteiger partial charge in [0.15, 0.2) is 0 Å². The molecular formula is C13H14N6O2. The van der Waals surface area contributed by atoms with E-state index in [1.165, 1.54) is 4.40 Å². The molecule has 3 aromatic heterocycles. The summed E-state index contributed by atoms with van der Waals surface area (Å²) in [7, 11) is 1.82. The summed E-state index contributed by atoms with van der Waals surface area (Å²) in [6, 6.07) is 5.24. The molecule has 0 unspecified atom stereocenters. The maximum absolute atomic E-state index is 11.3. The van der Waals surface area contributed by atoms with Gasteiger partial charge in [-0.15, -0.1) is 0 Å². The molecule has 0 atom stereocenters. The Labute approximate surface area is 120 Å². The molecule has 0 spiro atoms. The van der Waals surface area contributed by atoms with Crippen LogP contribution in [0.2, 0.25) is 0 Å². The van der Waals surface area contributed by atoms with Gasteiger partial charge >= 0.3 is 5.82 Å². The van der Waals surface area contributed by atoms with E-state index in [1.807, 2.05) is 20.9 Å². The van der Waals surface area contributed by atoms with Crippen molar-refractivity contribution in [2.75, 3.05) is 5.32 Å². The molecule has 8 nitrogen and oxygen atoms in total. The second kappa shape index (κ2) is 4.58. The van der Waals surface area contributed by atoms with Crippen LogP contribution in [-0.2, 0) is 7.05 Å². The smallest absolute Gasteiger partial charge is 0.358 e. The minimum atomic E-state index is -0.441. The number of anilines is 2. The number of imidazole rings is 1. The molecule has 0 saturated heterocycles. The molecule has 3 rings (SSSR count). The van der Waals surface area contributed by atoms with Gasteiger partial charge in [-0.2, -0.15) is 14.5 Å². The highest BCUT2D eigenvalue weighted by atomic mass is 16.6. The molecule has 8 heteroatoms. The first-order chi connectivity index (χ1) is 9.99. The zero-order valence-electron chi connectivity index (χ0n) is 11.9. The predicted octanol–water partition coefficient (Wildman–Crippen LogP) is 2.34. The molecule has 1 N–H and O–H groups in total. The fourth-order valence-corrected chi connectivity index (χ4v) is 2.31. The van der Waals surface area contributed by atoms with Crippen LogP contribution < -0.4 is 5.32 Å². The van der Waals surface area contributed by atoms with Crippen molar-refractivity contribution in [1.29, 1.82) is 0 Å². The van der Waals surface area contributed by atoms with E-state index in [1.54, 1.807) is 29.1 Å². The maximum Gasteiger partial charge on any atom is 0.372 e. The molecule has 0 aliphatic carbocycles. The van der Waals surface area contributed by atoms with Crippen molar-refractivity contribution in [3.05, 3.63) is 45.9 Å². The van der Waals surface area contributed by atoms with Crippen molar-refractivity contribution in [3.63, 3.8) is 0 Å². The molecule has 0 fully saturated rings. The van der Waals surface area contributed by atoms with Crippen molar-refractivity contribution in [2.45, 2.75) is 13.8 Å². The van der Waals surface area contributed by atoms with E-state index in [-0.39, 0.29) is 11.6 Å². The van der Waals surface area contributed by atoms with Gasteiger partial charge in [0.25, 0.3) is 0 Å². The molecule has 3 heterocycles. The van der Waals surface area contributed by atoms with Crippen LogP contribution in [0.5, 0.6) is 0 Å². The Bertz CT molecular complexity index is 848. The summed E-state index contributed by atoms with van der Waals surface area (Å²) in [6.45, 7) is 3.74. The van der Waals surface area contributed by atoms with Crippen LogP contribution in [0.4, 0.5) is 17.3 Å². The summed E-state index contributed by atoms with van der Waals surface area (Å²) >= 11 is 0. The van der Waals surface area contributed by atoms with E-state index in [2.05, 4.69) is 15.4 Å². The van der Waals surface area contributed by atoms with Crippen molar-refractivity contribution in [1.82, 2.24) is 19.2 Å². The van der Waals surface area contributed by atoms with E-state index in [0.29, 0.717) is 5.65 Å². The van der Waals surface area contributed by atoms with E-state index in [9.17, 15) is 10.1 Å². The normalized spacial score (nSPS) is 11.0. The molecular weight excluding hydrogens is 272 g/mol. The molecule has 0 aliphatic heterocycles. The summed E-state index contributed by atoms with van der Waals surface area (Å²) in [5.41, 5.74) is 2.91. The fourth-order valence-electron chi connectivity index (χ4n) is 2.31. The number of hydrogen-bond acceptors (Lipinski definition) is 5. The minimum Gasteiger partial charge on any atom is -0.358 e. The molecule has 0 saturated carbocycles. The first kappa shape index (κ1) is 13.1. The minimum absolute atomic E-state index is 0.0896. The highest BCUT2D eigenvalue weighted by Gasteiger charge is 2.24. The van der Waals surface area contributed by atoms with Gasteiger partial charge < -0.3 is 15.4 Å². The zero-order valence-corrected chi connectivity index (χ0v) is 11.9. The lowest BCUT2D eigenvalue weighted by Crippen LogP contribution is -2.00. The number of aryl methyl sites for hydroxylation is 2. The predicted molar refractivity (Wildman–Crippen MR) is 77.8 cm³/mol. The molecule has 21 heavy (non-hydrogen) atoms. The van der Waals surface area contributed by atoms with Crippen LogP contribution in [0, 0.1) is 24.0 Å². The Balaban J connectivity index is 2.16. The van der Waals surface area contributed by atoms with Gasteiger partial charge in [-0.3, -0.25) is 4.68 Å². The Morgan fingerprint density at radius 2 is 2.10 bits per heavy atom. The summed E-state index contributed by atoms with van der Waals surface area (Å²) < 4.78 is 3.17. The van der Waals surface area contributed by atoms with Crippen LogP contribution in [-0.4, -0.2) is 24.1 Å². The van der Waals surface area contributed by atoms with E-state index in [0.717, 1.165) is 17.1 Å². The fraction of sp³-hybridized carbons (Fsp3) is 0.231. The van der Waals surface area contributed by atoms with Gasteiger partial charge in [-0.05, 0) is 24.8 Å². The lowest BCUT2D eigenvalue weighted by Gasteiger charge is -2.03. The van der Waals surface area contributed by atoms with Gasteiger partial charge in [0.1, 0.15) is 0 Å². The monoisotopic (exact) mass is 286 g/mol. The quantitative estimate of drug-likeness (QED) is 0.589. The van der Waals surface area contributed by atoms with Gasteiger partial charge in [0.2, 0.25) is 11.5 Å². The highest BCUT2D eigenvalue weighted by Crippen LogP contribution is 2.30. The summed E-state index contributed by atoms with van der Waals surface area (Å²) in [5.74, 6) is 0.124. The third kappa shape index (κ3) is 2.00. The van der Waals surface area contributed by atoms with E-state index in [4.69, 9.17) is 0 Å². The van der Waals surface area contributed by atoms with Crippen LogP contribution in [0.3, 0.4) is 0 Å². The summed E-state index contributed by atoms with van der Waals surface area (Å²) in [4.78, 5) is 15.2. The number of nitrogens with zero attached hydrogens (tertiary/aromatic N) is 5.